The maximum absolute atomic E-state index is 8.58. The second-order valence-electron chi connectivity index (χ2n) is 2.83. The summed E-state index contributed by atoms with van der Waals surface area (Å²) in [6, 6.07) is 9.45. The third kappa shape index (κ3) is 2.43. The van der Waals surface area contributed by atoms with Crippen LogP contribution in [-0.2, 0) is 0 Å². The van der Waals surface area contributed by atoms with Gasteiger partial charge in [-0.15, -0.1) is 0 Å². The van der Waals surface area contributed by atoms with E-state index in [1.54, 1.807) is 12.1 Å². The average Bonchev–Trinajstić information content (AvgIpc) is 2.18. The van der Waals surface area contributed by atoms with E-state index in [1.165, 1.54) is 0 Å². The molecule has 0 aliphatic heterocycles. The van der Waals surface area contributed by atoms with Crippen LogP contribution in [0, 0.1) is 11.3 Å². The van der Waals surface area contributed by atoms with Crippen molar-refractivity contribution in [3.63, 3.8) is 0 Å². The minimum absolute atomic E-state index is 0.610. The predicted octanol–water partition coefficient (Wildman–Crippen LogP) is 1.92. The van der Waals surface area contributed by atoms with Crippen LogP contribution in [0.3, 0.4) is 0 Å². The van der Waals surface area contributed by atoms with Crippen LogP contribution in [0.4, 0.5) is 0 Å². The molecule has 2 N–H and O–H groups in total. The first-order valence-electron chi connectivity index (χ1n) is 4.16. The molecule has 0 heterocycles. The van der Waals surface area contributed by atoms with E-state index in [-0.39, 0.29) is 0 Å². The Kier molecular flexibility index (Phi) is 3.24. The maximum Gasteiger partial charge on any atom is 0.0991 e. The van der Waals surface area contributed by atoms with Crippen LogP contribution in [0.2, 0.25) is 0 Å². The van der Waals surface area contributed by atoms with Crippen LogP contribution in [0.5, 0.6) is 0 Å². The van der Waals surface area contributed by atoms with E-state index in [1.807, 2.05) is 12.1 Å². The Morgan fingerprint density at radius 1 is 1.38 bits per heavy atom. The van der Waals surface area contributed by atoms with Crippen LogP contribution < -0.4 is 5.73 Å². The van der Waals surface area contributed by atoms with E-state index in [0.29, 0.717) is 12.1 Å². The van der Waals surface area contributed by atoms with Crippen molar-refractivity contribution in [2.45, 2.75) is 6.42 Å². The highest BCUT2D eigenvalue weighted by Gasteiger charge is 1.97. The highest BCUT2D eigenvalue weighted by atomic mass is 14.5. The van der Waals surface area contributed by atoms with Crippen molar-refractivity contribution in [1.29, 1.82) is 5.26 Å². The van der Waals surface area contributed by atoms with Crippen LogP contribution in [-0.4, -0.2) is 6.54 Å². The number of hydrogen-bond donors (Lipinski definition) is 1. The van der Waals surface area contributed by atoms with Gasteiger partial charge in [0.25, 0.3) is 0 Å². The van der Waals surface area contributed by atoms with Crippen molar-refractivity contribution in [2.75, 3.05) is 6.54 Å². The molecular weight excluding hydrogens is 160 g/mol. The number of rotatable bonds is 3. The fourth-order valence-corrected chi connectivity index (χ4v) is 1.10. The lowest BCUT2D eigenvalue weighted by atomic mass is 10.0. The Hall–Kier alpha value is -1.59. The molecule has 2 nitrogen and oxygen atoms in total. The van der Waals surface area contributed by atoms with E-state index in [0.717, 1.165) is 17.6 Å². The molecule has 0 unspecified atom stereocenters. The smallest absolute Gasteiger partial charge is 0.0991 e. The van der Waals surface area contributed by atoms with Crippen molar-refractivity contribution in [3.8, 4) is 6.07 Å². The standard InChI is InChI=1S/C11H12N2/c1-9(6-7-12)11-4-2-10(8-13)3-5-11/h2-5H,1,6-7,12H2. The Morgan fingerprint density at radius 3 is 2.46 bits per heavy atom. The summed E-state index contributed by atoms with van der Waals surface area (Å²) in [5.41, 5.74) is 8.16. The van der Waals surface area contributed by atoms with Gasteiger partial charge in [0.1, 0.15) is 0 Å². The van der Waals surface area contributed by atoms with Crippen LogP contribution in [0.15, 0.2) is 30.8 Å². The van der Waals surface area contributed by atoms with Gasteiger partial charge in [-0.3, -0.25) is 0 Å². The van der Waals surface area contributed by atoms with E-state index >= 15 is 0 Å². The molecule has 0 amide bonds. The van der Waals surface area contributed by atoms with Gasteiger partial charge in [-0.25, -0.2) is 0 Å². The monoisotopic (exact) mass is 172 g/mol. The minimum Gasteiger partial charge on any atom is -0.330 e. The molecule has 0 saturated carbocycles. The van der Waals surface area contributed by atoms with E-state index in [9.17, 15) is 0 Å². The van der Waals surface area contributed by atoms with Crippen molar-refractivity contribution >= 4 is 5.57 Å². The summed E-state index contributed by atoms with van der Waals surface area (Å²) in [4.78, 5) is 0. The van der Waals surface area contributed by atoms with E-state index < -0.39 is 0 Å². The molecule has 0 saturated heterocycles. The largest absolute Gasteiger partial charge is 0.330 e. The predicted molar refractivity (Wildman–Crippen MR) is 53.9 cm³/mol. The van der Waals surface area contributed by atoms with Gasteiger partial charge in [0.15, 0.2) is 0 Å². The zero-order valence-electron chi connectivity index (χ0n) is 7.46. The molecule has 1 aromatic rings. The molecule has 1 rings (SSSR count). The molecule has 2 heteroatoms. The molecule has 0 bridgehead atoms. The second-order valence-corrected chi connectivity index (χ2v) is 2.83. The van der Waals surface area contributed by atoms with Gasteiger partial charge in [-0.05, 0) is 36.2 Å². The maximum atomic E-state index is 8.58. The van der Waals surface area contributed by atoms with Crippen molar-refractivity contribution < 1.29 is 0 Å². The summed E-state index contributed by atoms with van der Waals surface area (Å²) in [6.07, 6.45) is 0.798. The first-order valence-corrected chi connectivity index (χ1v) is 4.16. The summed E-state index contributed by atoms with van der Waals surface area (Å²) < 4.78 is 0. The average molecular weight is 172 g/mol. The summed E-state index contributed by atoms with van der Waals surface area (Å²) in [5.74, 6) is 0. The number of benzene rings is 1. The summed E-state index contributed by atoms with van der Waals surface area (Å²) in [6.45, 7) is 4.52. The number of nitrogens with zero attached hydrogens (tertiary/aromatic N) is 1. The molecular formula is C11H12N2. The van der Waals surface area contributed by atoms with E-state index in [2.05, 4.69) is 12.6 Å². The van der Waals surface area contributed by atoms with Crippen LogP contribution >= 0.6 is 0 Å². The number of nitriles is 1. The second kappa shape index (κ2) is 4.44. The normalized spacial score (nSPS) is 9.23. The zero-order valence-corrected chi connectivity index (χ0v) is 7.46. The van der Waals surface area contributed by atoms with Gasteiger partial charge in [-0.1, -0.05) is 18.7 Å². The number of nitrogens with two attached hydrogens (primary N) is 1. The molecule has 0 aliphatic carbocycles. The molecule has 1 aromatic carbocycles. The van der Waals surface area contributed by atoms with Crippen LogP contribution in [0.25, 0.3) is 5.57 Å². The van der Waals surface area contributed by atoms with Crippen molar-refractivity contribution in [2.24, 2.45) is 5.73 Å². The van der Waals surface area contributed by atoms with Crippen LogP contribution in [0.1, 0.15) is 17.5 Å². The van der Waals surface area contributed by atoms with Crippen molar-refractivity contribution in [3.05, 3.63) is 42.0 Å². The molecule has 0 fully saturated rings. The molecule has 13 heavy (non-hydrogen) atoms. The molecule has 0 spiro atoms. The fourth-order valence-electron chi connectivity index (χ4n) is 1.10. The third-order valence-electron chi connectivity index (χ3n) is 1.87. The molecule has 0 aliphatic rings. The highest BCUT2D eigenvalue weighted by molar-refractivity contribution is 5.63. The minimum atomic E-state index is 0.610. The fraction of sp³-hybridized carbons (Fsp3) is 0.182. The third-order valence-corrected chi connectivity index (χ3v) is 1.87. The first kappa shape index (κ1) is 9.50. The SMILES string of the molecule is C=C(CCN)c1ccc(C#N)cc1. The van der Waals surface area contributed by atoms with Gasteiger partial charge in [-0.2, -0.15) is 5.26 Å². The van der Waals surface area contributed by atoms with Gasteiger partial charge >= 0.3 is 0 Å². The summed E-state index contributed by atoms with van der Waals surface area (Å²) >= 11 is 0. The number of hydrogen-bond acceptors (Lipinski definition) is 2. The van der Waals surface area contributed by atoms with Gasteiger partial charge in [0, 0.05) is 0 Å². The summed E-state index contributed by atoms with van der Waals surface area (Å²) in [5, 5.41) is 8.58. The van der Waals surface area contributed by atoms with Gasteiger partial charge in [0.05, 0.1) is 11.6 Å². The Morgan fingerprint density at radius 2 is 2.00 bits per heavy atom. The Bertz CT molecular complexity index is 330. The Balaban J connectivity index is 2.81. The first-order chi connectivity index (χ1) is 6.27. The Labute approximate surface area is 78.3 Å². The van der Waals surface area contributed by atoms with E-state index in [4.69, 9.17) is 11.0 Å². The quantitative estimate of drug-likeness (QED) is 0.757. The molecule has 0 atom stereocenters. The lowest BCUT2D eigenvalue weighted by Crippen LogP contribution is -1.99. The lowest BCUT2D eigenvalue weighted by molar-refractivity contribution is 1.02. The van der Waals surface area contributed by atoms with Crippen molar-refractivity contribution in [1.82, 2.24) is 0 Å². The van der Waals surface area contributed by atoms with Gasteiger partial charge < -0.3 is 5.73 Å². The summed E-state index contributed by atoms with van der Waals surface area (Å²) in [7, 11) is 0. The zero-order chi connectivity index (χ0) is 9.68. The molecule has 0 radical (unpaired) electrons. The topological polar surface area (TPSA) is 49.8 Å². The molecule has 66 valence electrons. The highest BCUT2D eigenvalue weighted by Crippen LogP contribution is 2.15. The van der Waals surface area contributed by atoms with Gasteiger partial charge in [0.2, 0.25) is 0 Å². The lowest BCUT2D eigenvalue weighted by Gasteiger charge is -2.03. The molecule has 0 aromatic heterocycles.